The summed E-state index contributed by atoms with van der Waals surface area (Å²) in [6.45, 7) is 4.88. The highest BCUT2D eigenvalue weighted by molar-refractivity contribution is 7.98. The smallest absolute Gasteiger partial charge is 0.253 e. The summed E-state index contributed by atoms with van der Waals surface area (Å²) in [5.41, 5.74) is 3.50. The minimum Gasteiger partial charge on any atom is -0.383 e. The third kappa shape index (κ3) is 4.20. The van der Waals surface area contributed by atoms with Crippen LogP contribution in [0.4, 0.5) is 0 Å². The fourth-order valence-electron chi connectivity index (χ4n) is 2.58. The van der Waals surface area contributed by atoms with Crippen molar-refractivity contribution in [3.05, 3.63) is 52.8 Å². The van der Waals surface area contributed by atoms with Gasteiger partial charge in [-0.25, -0.2) is 9.50 Å². The summed E-state index contributed by atoms with van der Waals surface area (Å²) < 4.78 is 6.70. The van der Waals surface area contributed by atoms with E-state index in [0.717, 1.165) is 17.0 Å². The van der Waals surface area contributed by atoms with Crippen molar-refractivity contribution >= 4 is 23.4 Å². The Bertz CT molecular complexity index is 925. The van der Waals surface area contributed by atoms with Gasteiger partial charge in [0.05, 0.1) is 6.61 Å². The molecule has 1 amide bonds. The topological polar surface area (TPSA) is 81.4 Å². The van der Waals surface area contributed by atoms with Crippen LogP contribution in [0.1, 0.15) is 27.3 Å². The van der Waals surface area contributed by atoms with Gasteiger partial charge in [0, 0.05) is 36.4 Å². The molecule has 0 atom stereocenters. The predicted octanol–water partition coefficient (Wildman–Crippen LogP) is 2.41. The van der Waals surface area contributed by atoms with E-state index in [2.05, 4.69) is 20.4 Å². The number of aryl methyl sites for hydroxylation is 2. The number of carbonyl (C=O) groups is 1. The van der Waals surface area contributed by atoms with E-state index in [1.54, 1.807) is 11.6 Å². The number of fused-ring (bicyclic) bond motifs is 1. The van der Waals surface area contributed by atoms with Gasteiger partial charge in [-0.2, -0.15) is 4.98 Å². The van der Waals surface area contributed by atoms with Gasteiger partial charge in [0.2, 0.25) is 5.16 Å². The average molecular weight is 371 g/mol. The first kappa shape index (κ1) is 18.3. The summed E-state index contributed by atoms with van der Waals surface area (Å²) in [5.74, 6) is 1.09. The molecule has 7 nitrogen and oxygen atoms in total. The molecule has 0 bridgehead atoms. The van der Waals surface area contributed by atoms with Gasteiger partial charge in [0.1, 0.15) is 0 Å². The zero-order valence-electron chi connectivity index (χ0n) is 15.0. The second-order valence-corrected chi connectivity index (χ2v) is 6.78. The summed E-state index contributed by atoms with van der Waals surface area (Å²) in [5, 5.41) is 7.99. The number of methoxy groups -OCH3 is 1. The zero-order valence-corrected chi connectivity index (χ0v) is 15.8. The van der Waals surface area contributed by atoms with Crippen LogP contribution in [-0.2, 0) is 10.5 Å². The summed E-state index contributed by atoms with van der Waals surface area (Å²) in [6.07, 6.45) is 0. The van der Waals surface area contributed by atoms with Crippen LogP contribution in [0, 0.1) is 13.8 Å². The molecule has 26 heavy (non-hydrogen) atoms. The molecule has 0 saturated heterocycles. The standard InChI is InChI=1S/C18H21N5O2S/c1-12-10-13(2)23-17(20-12)21-18(22-23)26-11-14-6-4-5-7-15(14)16(24)19-8-9-25-3/h4-7,10H,8-9,11H2,1-3H3,(H,19,24). The third-order valence-corrected chi connectivity index (χ3v) is 4.70. The number of nitrogens with one attached hydrogen (secondary N) is 1. The summed E-state index contributed by atoms with van der Waals surface area (Å²) in [6, 6.07) is 9.52. The molecule has 0 fully saturated rings. The van der Waals surface area contributed by atoms with Crippen LogP contribution in [0.2, 0.25) is 0 Å². The van der Waals surface area contributed by atoms with Crippen LogP contribution in [0.5, 0.6) is 0 Å². The van der Waals surface area contributed by atoms with Crippen LogP contribution in [0.15, 0.2) is 35.5 Å². The SMILES string of the molecule is COCCNC(=O)c1ccccc1CSc1nc2nc(C)cc(C)n2n1. The Labute approximate surface area is 156 Å². The first-order valence-corrected chi connectivity index (χ1v) is 9.26. The minimum absolute atomic E-state index is 0.102. The lowest BCUT2D eigenvalue weighted by Gasteiger charge is -2.09. The van der Waals surface area contributed by atoms with E-state index in [-0.39, 0.29) is 5.91 Å². The van der Waals surface area contributed by atoms with Gasteiger partial charge in [0.25, 0.3) is 11.7 Å². The fraction of sp³-hybridized carbons (Fsp3) is 0.333. The maximum atomic E-state index is 12.4. The van der Waals surface area contributed by atoms with Crippen molar-refractivity contribution in [1.29, 1.82) is 0 Å². The lowest BCUT2D eigenvalue weighted by Crippen LogP contribution is -2.27. The number of amides is 1. The van der Waals surface area contributed by atoms with Gasteiger partial charge >= 0.3 is 0 Å². The Kier molecular flexibility index (Phi) is 5.85. The highest BCUT2D eigenvalue weighted by atomic mass is 32.2. The Morgan fingerprint density at radius 2 is 2.08 bits per heavy atom. The molecule has 0 aliphatic heterocycles. The number of hydrogen-bond acceptors (Lipinski definition) is 6. The number of rotatable bonds is 7. The number of benzene rings is 1. The minimum atomic E-state index is -0.102. The maximum absolute atomic E-state index is 12.4. The molecule has 0 aliphatic carbocycles. The molecule has 3 aromatic rings. The molecule has 0 unspecified atom stereocenters. The maximum Gasteiger partial charge on any atom is 0.253 e. The van der Waals surface area contributed by atoms with Crippen LogP contribution in [0.25, 0.3) is 5.78 Å². The summed E-state index contributed by atoms with van der Waals surface area (Å²) >= 11 is 1.49. The fourth-order valence-corrected chi connectivity index (χ4v) is 3.40. The van der Waals surface area contributed by atoms with E-state index >= 15 is 0 Å². The average Bonchev–Trinajstić information content (AvgIpc) is 3.03. The first-order valence-electron chi connectivity index (χ1n) is 8.27. The molecule has 136 valence electrons. The quantitative estimate of drug-likeness (QED) is 0.507. The Morgan fingerprint density at radius 1 is 1.27 bits per heavy atom. The van der Waals surface area contributed by atoms with Gasteiger partial charge in [0.15, 0.2) is 0 Å². The molecule has 0 saturated carbocycles. The number of aromatic nitrogens is 4. The van der Waals surface area contributed by atoms with E-state index in [1.165, 1.54) is 11.8 Å². The third-order valence-electron chi connectivity index (χ3n) is 3.81. The van der Waals surface area contributed by atoms with Crippen molar-refractivity contribution in [2.75, 3.05) is 20.3 Å². The van der Waals surface area contributed by atoms with Gasteiger partial charge in [-0.15, -0.1) is 5.10 Å². The number of hydrogen-bond donors (Lipinski definition) is 1. The molecule has 0 aliphatic rings. The number of thioether (sulfide) groups is 1. The van der Waals surface area contributed by atoms with Crippen molar-refractivity contribution in [2.45, 2.75) is 24.8 Å². The van der Waals surface area contributed by atoms with Crippen LogP contribution < -0.4 is 5.32 Å². The van der Waals surface area contributed by atoms with Crippen LogP contribution in [0.3, 0.4) is 0 Å². The van der Waals surface area contributed by atoms with Gasteiger partial charge in [-0.1, -0.05) is 30.0 Å². The first-order chi connectivity index (χ1) is 12.6. The number of carbonyl (C=O) groups excluding carboxylic acids is 1. The van der Waals surface area contributed by atoms with E-state index in [9.17, 15) is 4.79 Å². The monoisotopic (exact) mass is 371 g/mol. The molecule has 2 heterocycles. The van der Waals surface area contributed by atoms with E-state index < -0.39 is 0 Å². The molecule has 8 heteroatoms. The largest absolute Gasteiger partial charge is 0.383 e. The normalized spacial score (nSPS) is 11.0. The Morgan fingerprint density at radius 3 is 2.88 bits per heavy atom. The van der Waals surface area contributed by atoms with Crippen molar-refractivity contribution in [1.82, 2.24) is 24.9 Å². The summed E-state index contributed by atoms with van der Waals surface area (Å²) in [7, 11) is 1.61. The van der Waals surface area contributed by atoms with Crippen LogP contribution >= 0.6 is 11.8 Å². The molecule has 3 rings (SSSR count). The van der Waals surface area contributed by atoms with Crippen LogP contribution in [-0.4, -0.2) is 45.8 Å². The highest BCUT2D eigenvalue weighted by Crippen LogP contribution is 2.22. The van der Waals surface area contributed by atoms with Gasteiger partial charge in [-0.05, 0) is 31.5 Å². The molecular formula is C18H21N5O2S. The molecular weight excluding hydrogens is 350 g/mol. The van der Waals surface area contributed by atoms with Crippen molar-refractivity contribution in [3.63, 3.8) is 0 Å². The van der Waals surface area contributed by atoms with Gasteiger partial charge in [-0.3, -0.25) is 4.79 Å². The molecule has 1 aromatic carbocycles. The molecule has 1 N–H and O–H groups in total. The van der Waals surface area contributed by atoms with E-state index in [0.29, 0.717) is 35.4 Å². The lowest BCUT2D eigenvalue weighted by atomic mass is 10.1. The second kappa shape index (κ2) is 8.29. The summed E-state index contributed by atoms with van der Waals surface area (Å²) in [4.78, 5) is 21.2. The lowest BCUT2D eigenvalue weighted by molar-refractivity contribution is 0.0936. The Balaban J connectivity index is 1.74. The van der Waals surface area contributed by atoms with Crippen molar-refractivity contribution in [3.8, 4) is 0 Å². The van der Waals surface area contributed by atoms with E-state index in [1.807, 2.05) is 44.2 Å². The van der Waals surface area contributed by atoms with Crippen molar-refractivity contribution in [2.24, 2.45) is 0 Å². The Hall–Kier alpha value is -2.45. The predicted molar refractivity (Wildman–Crippen MR) is 100 cm³/mol. The molecule has 2 aromatic heterocycles. The second-order valence-electron chi connectivity index (χ2n) is 5.84. The molecule has 0 radical (unpaired) electrons. The van der Waals surface area contributed by atoms with Gasteiger partial charge < -0.3 is 10.1 Å². The zero-order chi connectivity index (χ0) is 18.5. The number of nitrogens with zero attached hydrogens (tertiary/aromatic N) is 4. The molecule has 0 spiro atoms. The highest BCUT2D eigenvalue weighted by Gasteiger charge is 2.13. The number of ether oxygens (including phenoxy) is 1. The van der Waals surface area contributed by atoms with Crippen molar-refractivity contribution < 1.29 is 9.53 Å². The van der Waals surface area contributed by atoms with E-state index in [4.69, 9.17) is 4.74 Å².